The molecule has 1 atom stereocenters. The fourth-order valence-electron chi connectivity index (χ4n) is 3.28. The van der Waals surface area contributed by atoms with Crippen LogP contribution in [0.4, 0.5) is 5.82 Å². The third-order valence-corrected chi connectivity index (χ3v) is 4.83. The van der Waals surface area contributed by atoms with Crippen molar-refractivity contribution in [1.82, 2.24) is 14.9 Å². The maximum atomic E-state index is 12.6. The second kappa shape index (κ2) is 7.64. The minimum Gasteiger partial charge on any atom is -0.352 e. The van der Waals surface area contributed by atoms with Crippen molar-refractivity contribution < 1.29 is 4.79 Å². The Kier molecular flexibility index (Phi) is 5.31. The zero-order valence-electron chi connectivity index (χ0n) is 15.3. The number of amides is 1. The fourth-order valence-corrected chi connectivity index (χ4v) is 3.28. The summed E-state index contributed by atoms with van der Waals surface area (Å²) in [5.41, 5.74) is 3.10. The molecule has 0 saturated carbocycles. The molecular weight excluding hydrogens is 312 g/mol. The van der Waals surface area contributed by atoms with E-state index in [-0.39, 0.29) is 11.8 Å². The summed E-state index contributed by atoms with van der Waals surface area (Å²) in [4.78, 5) is 25.9. The summed E-state index contributed by atoms with van der Waals surface area (Å²) >= 11 is 0. The van der Waals surface area contributed by atoms with Crippen LogP contribution in [0.15, 0.2) is 36.5 Å². The van der Waals surface area contributed by atoms with E-state index in [9.17, 15) is 4.79 Å². The molecule has 1 aliphatic rings. The quantitative estimate of drug-likeness (QED) is 0.860. The summed E-state index contributed by atoms with van der Waals surface area (Å²) < 4.78 is 0. The van der Waals surface area contributed by atoms with Crippen LogP contribution in [0.3, 0.4) is 0 Å². The predicted octanol–water partition coefficient (Wildman–Crippen LogP) is 2.94. The van der Waals surface area contributed by atoms with Gasteiger partial charge in [-0.2, -0.15) is 0 Å². The molecule has 2 aromatic rings. The van der Waals surface area contributed by atoms with Crippen molar-refractivity contribution in [2.24, 2.45) is 0 Å². The van der Waals surface area contributed by atoms with E-state index >= 15 is 0 Å². The third-order valence-electron chi connectivity index (χ3n) is 4.83. The number of carbonyl (C=O) groups excluding carboxylic acids is 1. The minimum atomic E-state index is 0.239. The zero-order valence-corrected chi connectivity index (χ0v) is 15.3. The average molecular weight is 338 g/mol. The molecule has 25 heavy (non-hydrogen) atoms. The monoisotopic (exact) mass is 338 g/mol. The largest absolute Gasteiger partial charge is 0.352 e. The van der Waals surface area contributed by atoms with Gasteiger partial charge in [0.2, 0.25) is 5.91 Å². The van der Waals surface area contributed by atoms with Crippen molar-refractivity contribution in [1.29, 1.82) is 0 Å². The molecule has 1 aromatic heterocycles. The van der Waals surface area contributed by atoms with Gasteiger partial charge in [0.1, 0.15) is 5.82 Å². The van der Waals surface area contributed by atoms with E-state index in [1.54, 1.807) is 6.20 Å². The number of piperazine rings is 1. The SMILES string of the molecule is Cc1cnc(C)c(N2CCN(C(=O)CC(C)c3ccccc3)CC2)n1. The number of rotatable bonds is 4. The van der Waals surface area contributed by atoms with Crippen LogP contribution in [0.1, 0.15) is 36.2 Å². The van der Waals surface area contributed by atoms with Gasteiger partial charge in [0.15, 0.2) is 0 Å². The number of hydrogen-bond donors (Lipinski definition) is 0. The van der Waals surface area contributed by atoms with Crippen LogP contribution in [-0.2, 0) is 4.79 Å². The van der Waals surface area contributed by atoms with Gasteiger partial charge in [0.05, 0.1) is 11.4 Å². The summed E-state index contributed by atoms with van der Waals surface area (Å²) in [6.07, 6.45) is 2.36. The molecule has 0 spiro atoms. The van der Waals surface area contributed by atoms with Crippen molar-refractivity contribution in [3.63, 3.8) is 0 Å². The Morgan fingerprint density at radius 1 is 1.12 bits per heavy atom. The van der Waals surface area contributed by atoms with Gasteiger partial charge < -0.3 is 9.80 Å². The number of nitrogens with zero attached hydrogens (tertiary/aromatic N) is 4. The van der Waals surface area contributed by atoms with E-state index in [1.807, 2.05) is 36.9 Å². The summed E-state index contributed by atoms with van der Waals surface area (Å²) in [5.74, 6) is 1.43. The Bertz CT molecular complexity index is 724. The Balaban J connectivity index is 1.57. The molecule has 5 nitrogen and oxygen atoms in total. The van der Waals surface area contributed by atoms with E-state index in [0.29, 0.717) is 6.42 Å². The first-order valence-corrected chi connectivity index (χ1v) is 8.92. The second-order valence-corrected chi connectivity index (χ2v) is 6.80. The Hall–Kier alpha value is -2.43. The lowest BCUT2D eigenvalue weighted by Crippen LogP contribution is -2.49. The van der Waals surface area contributed by atoms with E-state index in [1.165, 1.54) is 5.56 Å². The number of aromatic nitrogens is 2. The molecule has 1 amide bonds. The molecular formula is C20H26N4O. The van der Waals surface area contributed by atoms with E-state index < -0.39 is 0 Å². The highest BCUT2D eigenvalue weighted by molar-refractivity contribution is 5.77. The number of hydrogen-bond acceptors (Lipinski definition) is 4. The molecule has 2 heterocycles. The van der Waals surface area contributed by atoms with Gasteiger partial charge in [0.25, 0.3) is 0 Å². The van der Waals surface area contributed by atoms with Crippen LogP contribution in [0.2, 0.25) is 0 Å². The molecule has 1 aliphatic heterocycles. The smallest absolute Gasteiger partial charge is 0.223 e. The lowest BCUT2D eigenvalue weighted by Gasteiger charge is -2.36. The molecule has 1 aromatic carbocycles. The minimum absolute atomic E-state index is 0.239. The van der Waals surface area contributed by atoms with Crippen molar-refractivity contribution in [2.75, 3.05) is 31.1 Å². The topological polar surface area (TPSA) is 49.3 Å². The molecule has 0 aliphatic carbocycles. The van der Waals surface area contributed by atoms with E-state index in [2.05, 4.69) is 33.9 Å². The van der Waals surface area contributed by atoms with E-state index in [4.69, 9.17) is 0 Å². The van der Waals surface area contributed by atoms with Crippen LogP contribution < -0.4 is 4.90 Å². The van der Waals surface area contributed by atoms with Crippen LogP contribution in [0.25, 0.3) is 0 Å². The lowest BCUT2D eigenvalue weighted by atomic mass is 9.97. The summed E-state index contributed by atoms with van der Waals surface area (Å²) in [5, 5.41) is 0. The maximum Gasteiger partial charge on any atom is 0.223 e. The Labute approximate surface area is 149 Å². The second-order valence-electron chi connectivity index (χ2n) is 6.80. The zero-order chi connectivity index (χ0) is 17.8. The highest BCUT2D eigenvalue weighted by Crippen LogP contribution is 2.21. The van der Waals surface area contributed by atoms with Gasteiger partial charge >= 0.3 is 0 Å². The highest BCUT2D eigenvalue weighted by Gasteiger charge is 2.24. The first-order chi connectivity index (χ1) is 12.0. The molecule has 1 fully saturated rings. The van der Waals surface area contributed by atoms with Crippen molar-refractivity contribution in [3.05, 3.63) is 53.5 Å². The van der Waals surface area contributed by atoms with Gasteiger partial charge in [-0.25, -0.2) is 4.98 Å². The fraction of sp³-hybridized carbons (Fsp3) is 0.450. The van der Waals surface area contributed by atoms with Crippen LogP contribution in [0.5, 0.6) is 0 Å². The first-order valence-electron chi connectivity index (χ1n) is 8.92. The van der Waals surface area contributed by atoms with Gasteiger partial charge in [-0.3, -0.25) is 9.78 Å². The molecule has 132 valence electrons. The number of carbonyl (C=O) groups is 1. The average Bonchev–Trinajstić information content (AvgIpc) is 2.64. The Morgan fingerprint density at radius 2 is 1.80 bits per heavy atom. The molecule has 1 saturated heterocycles. The van der Waals surface area contributed by atoms with Crippen LogP contribution in [-0.4, -0.2) is 47.0 Å². The molecule has 1 unspecified atom stereocenters. The van der Waals surface area contributed by atoms with Crippen molar-refractivity contribution in [2.45, 2.75) is 33.1 Å². The third kappa shape index (κ3) is 4.16. The van der Waals surface area contributed by atoms with Gasteiger partial charge in [-0.05, 0) is 25.3 Å². The van der Waals surface area contributed by atoms with Gasteiger partial charge in [-0.15, -0.1) is 0 Å². The maximum absolute atomic E-state index is 12.6. The van der Waals surface area contributed by atoms with Crippen molar-refractivity contribution in [3.8, 4) is 0 Å². The lowest BCUT2D eigenvalue weighted by molar-refractivity contribution is -0.131. The summed E-state index contributed by atoms with van der Waals surface area (Å²) in [7, 11) is 0. The summed E-state index contributed by atoms with van der Waals surface area (Å²) in [6.45, 7) is 9.18. The highest BCUT2D eigenvalue weighted by atomic mass is 16.2. The van der Waals surface area contributed by atoms with Crippen molar-refractivity contribution >= 4 is 11.7 Å². The standard InChI is InChI=1S/C20H26N4O/c1-15(18-7-5-4-6-8-18)13-19(25)23-9-11-24(12-10-23)20-17(3)21-14-16(2)22-20/h4-8,14-15H,9-13H2,1-3H3. The molecule has 5 heteroatoms. The Morgan fingerprint density at radius 3 is 2.48 bits per heavy atom. The van der Waals surface area contributed by atoms with E-state index in [0.717, 1.165) is 43.4 Å². The van der Waals surface area contributed by atoms with Crippen LogP contribution >= 0.6 is 0 Å². The van der Waals surface area contributed by atoms with Crippen LogP contribution in [0, 0.1) is 13.8 Å². The van der Waals surface area contributed by atoms with Gasteiger partial charge in [-0.1, -0.05) is 37.3 Å². The molecule has 0 radical (unpaired) electrons. The van der Waals surface area contributed by atoms with Gasteiger partial charge in [0, 0.05) is 38.8 Å². The number of aryl methyl sites for hydroxylation is 2. The normalized spacial score (nSPS) is 16.0. The first kappa shape index (κ1) is 17.4. The summed E-state index contributed by atoms with van der Waals surface area (Å²) in [6, 6.07) is 10.2. The predicted molar refractivity (Wildman–Crippen MR) is 99.8 cm³/mol. The molecule has 0 N–H and O–H groups in total. The molecule has 0 bridgehead atoms. The molecule has 3 rings (SSSR count). The number of anilines is 1. The number of benzene rings is 1.